The van der Waals surface area contributed by atoms with E-state index < -0.39 is 6.10 Å². The summed E-state index contributed by atoms with van der Waals surface area (Å²) in [7, 11) is 1.77. The van der Waals surface area contributed by atoms with E-state index >= 15 is 0 Å². The molecule has 2 aromatic rings. The Morgan fingerprint density at radius 1 is 1.48 bits per heavy atom. The number of aromatic nitrogens is 1. The lowest BCUT2D eigenvalue weighted by Gasteiger charge is -2.30. The van der Waals surface area contributed by atoms with Gasteiger partial charge in [0.15, 0.2) is 6.10 Å². The molecule has 1 amide bonds. The third-order valence-electron chi connectivity index (χ3n) is 3.59. The van der Waals surface area contributed by atoms with Crippen molar-refractivity contribution in [1.82, 2.24) is 4.98 Å². The first-order valence-corrected chi connectivity index (χ1v) is 7.58. The number of thiazole rings is 1. The van der Waals surface area contributed by atoms with Crippen molar-refractivity contribution >= 4 is 22.9 Å². The average molecular weight is 303 g/mol. The summed E-state index contributed by atoms with van der Waals surface area (Å²) in [6.07, 6.45) is -0.446. The minimum absolute atomic E-state index is 0.0442. The molecule has 0 radical (unpaired) electrons. The molecule has 0 spiro atoms. The van der Waals surface area contributed by atoms with Gasteiger partial charge in [0.25, 0.3) is 5.91 Å². The highest BCUT2D eigenvalue weighted by molar-refractivity contribution is 7.12. The molecule has 6 heteroatoms. The van der Waals surface area contributed by atoms with Gasteiger partial charge in [-0.1, -0.05) is 0 Å². The molecule has 0 saturated heterocycles. The Morgan fingerprint density at radius 2 is 2.24 bits per heavy atom. The Bertz CT molecular complexity index is 711. The lowest BCUT2D eigenvalue weighted by Crippen LogP contribution is -2.41. The average Bonchev–Trinajstić information content (AvgIpc) is 2.86. The zero-order chi connectivity index (χ0) is 15.1. The number of hydrogen-bond acceptors (Lipinski definition) is 5. The van der Waals surface area contributed by atoms with E-state index in [1.807, 2.05) is 25.1 Å². The number of amides is 1. The van der Waals surface area contributed by atoms with Gasteiger partial charge in [0.1, 0.15) is 10.8 Å². The topological polar surface area (TPSA) is 68.5 Å². The molecule has 2 heterocycles. The number of carbonyl (C=O) groups excluding carboxylic acids is 1. The number of carbonyl (C=O) groups is 1. The largest absolute Gasteiger partial charge is 0.479 e. The van der Waals surface area contributed by atoms with Gasteiger partial charge < -0.3 is 15.4 Å². The van der Waals surface area contributed by atoms with Crippen LogP contribution in [-0.4, -0.2) is 24.0 Å². The van der Waals surface area contributed by atoms with Gasteiger partial charge in [0.05, 0.1) is 11.4 Å². The molecule has 1 aromatic heterocycles. The minimum atomic E-state index is -0.446. The fourth-order valence-electron chi connectivity index (χ4n) is 2.47. The molecule has 2 N–H and O–H groups in total. The molecular weight excluding hydrogens is 286 g/mol. The number of likely N-dealkylation sites (N-methyl/N-ethyl adjacent to an activating group) is 1. The molecule has 1 aliphatic rings. The molecule has 1 unspecified atom stereocenters. The summed E-state index contributed by atoms with van der Waals surface area (Å²) in [5.41, 5.74) is 8.32. The second kappa shape index (κ2) is 5.13. The Kier molecular flexibility index (Phi) is 3.43. The molecule has 3 rings (SSSR count). The molecule has 1 atom stereocenters. The Balaban J connectivity index is 2.07. The van der Waals surface area contributed by atoms with Crippen molar-refractivity contribution in [3.8, 4) is 17.0 Å². The summed E-state index contributed by atoms with van der Waals surface area (Å²) in [6, 6.07) is 5.81. The molecule has 0 aliphatic carbocycles. The summed E-state index contributed by atoms with van der Waals surface area (Å²) >= 11 is 1.60. The number of benzene rings is 1. The van der Waals surface area contributed by atoms with Crippen molar-refractivity contribution in [2.45, 2.75) is 26.5 Å². The first-order chi connectivity index (χ1) is 10.0. The first kappa shape index (κ1) is 14.0. The smallest absolute Gasteiger partial charge is 0.267 e. The Labute approximate surface area is 127 Å². The summed E-state index contributed by atoms with van der Waals surface area (Å²) in [6.45, 7) is 4.22. The summed E-state index contributed by atoms with van der Waals surface area (Å²) < 4.78 is 5.63. The van der Waals surface area contributed by atoms with E-state index in [0.29, 0.717) is 6.54 Å². The van der Waals surface area contributed by atoms with Crippen LogP contribution in [0.2, 0.25) is 0 Å². The third kappa shape index (κ3) is 2.30. The summed E-state index contributed by atoms with van der Waals surface area (Å²) in [5, 5.41) is 0.912. The van der Waals surface area contributed by atoms with E-state index in [1.165, 1.54) is 0 Å². The zero-order valence-corrected chi connectivity index (χ0v) is 13.0. The summed E-state index contributed by atoms with van der Waals surface area (Å²) in [5.74, 6) is 0.678. The molecular formula is C15H17N3O2S. The number of ether oxygens (including phenoxy) is 1. The van der Waals surface area contributed by atoms with Gasteiger partial charge in [-0.25, -0.2) is 4.98 Å². The molecule has 21 heavy (non-hydrogen) atoms. The van der Waals surface area contributed by atoms with Crippen molar-refractivity contribution in [1.29, 1.82) is 0 Å². The first-order valence-electron chi connectivity index (χ1n) is 6.76. The van der Waals surface area contributed by atoms with Crippen LogP contribution in [0.4, 0.5) is 5.69 Å². The Morgan fingerprint density at radius 3 is 2.90 bits per heavy atom. The van der Waals surface area contributed by atoms with Gasteiger partial charge in [0.2, 0.25) is 0 Å². The van der Waals surface area contributed by atoms with Crippen LogP contribution in [0.1, 0.15) is 16.8 Å². The standard InChI is InChI=1S/C15H17N3O2S/c1-8-15(19)18(3)11-6-10(4-5-12(11)20-8)14-9(2)21-13(7-16)17-14/h4-6,8H,7,16H2,1-3H3. The van der Waals surface area contributed by atoms with Crippen molar-refractivity contribution in [3.05, 3.63) is 28.1 Å². The second-order valence-corrected chi connectivity index (χ2v) is 6.34. The molecule has 0 fully saturated rings. The lowest BCUT2D eigenvalue weighted by molar-refractivity contribution is -0.125. The van der Waals surface area contributed by atoms with E-state index in [9.17, 15) is 4.79 Å². The van der Waals surface area contributed by atoms with Gasteiger partial charge in [0, 0.05) is 24.0 Å². The predicted octanol–water partition coefficient (Wildman–Crippen LogP) is 2.32. The SMILES string of the molecule is Cc1sc(CN)nc1-c1ccc2c(c1)N(C)C(=O)C(C)O2. The Hall–Kier alpha value is -1.92. The van der Waals surface area contributed by atoms with E-state index in [0.717, 1.165) is 32.6 Å². The van der Waals surface area contributed by atoms with E-state index in [-0.39, 0.29) is 5.91 Å². The van der Waals surface area contributed by atoms with Crippen LogP contribution < -0.4 is 15.4 Å². The maximum Gasteiger partial charge on any atom is 0.267 e. The van der Waals surface area contributed by atoms with Crippen LogP contribution in [0.5, 0.6) is 5.75 Å². The predicted molar refractivity (Wildman–Crippen MR) is 83.7 cm³/mol. The zero-order valence-electron chi connectivity index (χ0n) is 12.2. The summed E-state index contributed by atoms with van der Waals surface area (Å²) in [4.78, 5) is 19.3. The number of aryl methyl sites for hydroxylation is 1. The highest BCUT2D eigenvalue weighted by Crippen LogP contribution is 2.38. The second-order valence-electron chi connectivity index (χ2n) is 5.06. The van der Waals surface area contributed by atoms with Gasteiger partial charge >= 0.3 is 0 Å². The normalized spacial score (nSPS) is 17.6. The van der Waals surface area contributed by atoms with E-state index in [1.54, 1.807) is 30.2 Å². The van der Waals surface area contributed by atoms with Gasteiger partial charge in [-0.2, -0.15) is 0 Å². The number of nitrogens with zero attached hydrogens (tertiary/aromatic N) is 2. The van der Waals surface area contributed by atoms with Gasteiger partial charge in [-0.05, 0) is 32.0 Å². The highest BCUT2D eigenvalue weighted by Gasteiger charge is 2.29. The highest BCUT2D eigenvalue weighted by atomic mass is 32.1. The van der Waals surface area contributed by atoms with Crippen LogP contribution in [0, 0.1) is 6.92 Å². The van der Waals surface area contributed by atoms with Crippen molar-refractivity contribution in [2.75, 3.05) is 11.9 Å². The number of rotatable bonds is 2. The van der Waals surface area contributed by atoms with Crippen molar-refractivity contribution < 1.29 is 9.53 Å². The molecule has 0 saturated carbocycles. The lowest BCUT2D eigenvalue weighted by atomic mass is 10.1. The fraction of sp³-hybridized carbons (Fsp3) is 0.333. The molecule has 1 aliphatic heterocycles. The van der Waals surface area contributed by atoms with Crippen molar-refractivity contribution in [2.24, 2.45) is 5.73 Å². The number of nitrogens with two attached hydrogens (primary N) is 1. The molecule has 1 aromatic carbocycles. The minimum Gasteiger partial charge on any atom is -0.479 e. The fourth-order valence-corrected chi connectivity index (χ4v) is 3.30. The molecule has 110 valence electrons. The van der Waals surface area contributed by atoms with Crippen LogP contribution in [-0.2, 0) is 11.3 Å². The van der Waals surface area contributed by atoms with Crippen LogP contribution in [0.3, 0.4) is 0 Å². The van der Waals surface area contributed by atoms with Crippen LogP contribution in [0.15, 0.2) is 18.2 Å². The van der Waals surface area contributed by atoms with Gasteiger partial charge in [-0.15, -0.1) is 11.3 Å². The van der Waals surface area contributed by atoms with Gasteiger partial charge in [-0.3, -0.25) is 4.79 Å². The van der Waals surface area contributed by atoms with E-state index in [4.69, 9.17) is 10.5 Å². The number of hydrogen-bond donors (Lipinski definition) is 1. The molecule has 0 bridgehead atoms. The number of anilines is 1. The van der Waals surface area contributed by atoms with Crippen LogP contribution in [0.25, 0.3) is 11.3 Å². The van der Waals surface area contributed by atoms with Crippen LogP contribution >= 0.6 is 11.3 Å². The maximum absolute atomic E-state index is 12.0. The quantitative estimate of drug-likeness (QED) is 0.924. The maximum atomic E-state index is 12.0. The third-order valence-corrected chi connectivity index (χ3v) is 4.58. The molecule has 5 nitrogen and oxygen atoms in total. The number of fused-ring (bicyclic) bond motifs is 1. The monoisotopic (exact) mass is 303 g/mol. The van der Waals surface area contributed by atoms with E-state index in [2.05, 4.69) is 4.98 Å². The van der Waals surface area contributed by atoms with Crippen molar-refractivity contribution in [3.63, 3.8) is 0 Å².